The number of nitrogens with zero attached hydrogens (tertiary/aromatic N) is 1. The van der Waals surface area contributed by atoms with Crippen LogP contribution in [0.3, 0.4) is 0 Å². The van der Waals surface area contributed by atoms with Crippen molar-refractivity contribution in [3.63, 3.8) is 0 Å². The summed E-state index contributed by atoms with van der Waals surface area (Å²) >= 11 is 0. The van der Waals surface area contributed by atoms with Gasteiger partial charge in [-0.3, -0.25) is 0 Å². The minimum atomic E-state index is 0.0570. The fourth-order valence-corrected chi connectivity index (χ4v) is 4.08. The van der Waals surface area contributed by atoms with Crippen LogP contribution in [0.15, 0.2) is 66.7 Å². The second kappa shape index (κ2) is 9.02. The summed E-state index contributed by atoms with van der Waals surface area (Å²) in [5.41, 5.74) is 6.48. The largest absolute Gasteiger partial charge is 0.506 e. The number of aryl methyl sites for hydroxylation is 3. The first kappa shape index (κ1) is 23.1. The quantitative estimate of drug-likeness (QED) is 0.289. The highest BCUT2D eigenvalue weighted by atomic mass is 16.5. The van der Waals surface area contributed by atoms with Crippen molar-refractivity contribution in [2.75, 3.05) is 4.90 Å². The molecule has 0 saturated carbocycles. The average Bonchev–Trinajstić information content (AvgIpc) is 2.81. The number of hydrogen-bond donors (Lipinski definition) is 3. The van der Waals surface area contributed by atoms with Crippen molar-refractivity contribution < 1.29 is 20.1 Å². The number of phenolic OH excluding ortho intramolecular Hbond substituents is 3. The first-order valence-electron chi connectivity index (χ1n) is 11.1. The second-order valence-electron chi connectivity index (χ2n) is 8.61. The fraction of sp³-hybridized carbons (Fsp3) is 0.172. The molecule has 0 unspecified atom stereocenters. The van der Waals surface area contributed by atoms with Gasteiger partial charge in [0.25, 0.3) is 0 Å². The van der Waals surface area contributed by atoms with Gasteiger partial charge in [0.15, 0.2) is 11.5 Å². The van der Waals surface area contributed by atoms with E-state index in [2.05, 4.69) is 0 Å². The van der Waals surface area contributed by atoms with Gasteiger partial charge in [-0.05, 0) is 92.8 Å². The third kappa shape index (κ3) is 4.13. The van der Waals surface area contributed by atoms with Gasteiger partial charge in [0, 0.05) is 6.07 Å². The Labute approximate surface area is 200 Å². The van der Waals surface area contributed by atoms with E-state index in [1.165, 1.54) is 0 Å². The summed E-state index contributed by atoms with van der Waals surface area (Å²) in [6.07, 6.45) is 0. The molecule has 4 aromatic carbocycles. The van der Waals surface area contributed by atoms with Crippen LogP contribution in [0.1, 0.15) is 27.8 Å². The molecule has 0 atom stereocenters. The summed E-state index contributed by atoms with van der Waals surface area (Å²) in [4.78, 5) is 1.86. The van der Waals surface area contributed by atoms with E-state index in [1.807, 2.05) is 75.9 Å². The molecule has 174 valence electrons. The Hall–Kier alpha value is -4.12. The summed E-state index contributed by atoms with van der Waals surface area (Å²) in [5, 5.41) is 32.2. The molecule has 4 rings (SSSR count). The highest BCUT2D eigenvalue weighted by molar-refractivity contribution is 5.87. The van der Waals surface area contributed by atoms with Crippen molar-refractivity contribution in [1.82, 2.24) is 0 Å². The van der Waals surface area contributed by atoms with E-state index in [0.29, 0.717) is 28.6 Å². The molecule has 0 aliphatic rings. The predicted octanol–water partition coefficient (Wildman–Crippen LogP) is 7.61. The Morgan fingerprint density at radius 1 is 0.588 bits per heavy atom. The van der Waals surface area contributed by atoms with E-state index in [0.717, 1.165) is 27.8 Å². The van der Waals surface area contributed by atoms with Crippen LogP contribution in [-0.2, 0) is 0 Å². The van der Waals surface area contributed by atoms with Gasteiger partial charge in [-0.15, -0.1) is 0 Å². The zero-order valence-corrected chi connectivity index (χ0v) is 20.0. The summed E-state index contributed by atoms with van der Waals surface area (Å²) in [5.74, 6) is 1.16. The van der Waals surface area contributed by atoms with Crippen LogP contribution in [0.5, 0.6) is 28.7 Å². The lowest BCUT2D eigenvalue weighted by Crippen LogP contribution is -2.14. The monoisotopic (exact) mass is 455 g/mol. The number of hydrogen-bond acceptors (Lipinski definition) is 5. The number of rotatable bonds is 5. The summed E-state index contributed by atoms with van der Waals surface area (Å²) in [6, 6.07) is 19.7. The lowest BCUT2D eigenvalue weighted by Gasteiger charge is -2.31. The first-order chi connectivity index (χ1) is 16.2. The van der Waals surface area contributed by atoms with Gasteiger partial charge in [0.1, 0.15) is 17.2 Å². The highest BCUT2D eigenvalue weighted by Gasteiger charge is 2.24. The molecule has 0 radical (unpaired) electrons. The number of para-hydroxylation sites is 1. The van der Waals surface area contributed by atoms with Crippen molar-refractivity contribution >= 4 is 17.1 Å². The fourth-order valence-electron chi connectivity index (χ4n) is 4.08. The SMILES string of the molecule is Cc1ccc(O)c(N(c2cccc(Oc3c(C)cccc3O)c2)c2c(O)ccc(C)c2C)c1C. The summed E-state index contributed by atoms with van der Waals surface area (Å²) < 4.78 is 6.07. The van der Waals surface area contributed by atoms with E-state index in [-0.39, 0.29) is 17.2 Å². The molecule has 4 aromatic rings. The molecule has 0 aliphatic heterocycles. The molecule has 5 heteroatoms. The number of ether oxygens (including phenoxy) is 1. The van der Waals surface area contributed by atoms with Crippen molar-refractivity contribution in [2.24, 2.45) is 0 Å². The minimum absolute atomic E-state index is 0.0570. The molecule has 0 spiro atoms. The van der Waals surface area contributed by atoms with Gasteiger partial charge < -0.3 is 25.0 Å². The summed E-state index contributed by atoms with van der Waals surface area (Å²) in [6.45, 7) is 9.74. The Morgan fingerprint density at radius 3 is 1.71 bits per heavy atom. The van der Waals surface area contributed by atoms with Crippen LogP contribution in [0.2, 0.25) is 0 Å². The van der Waals surface area contributed by atoms with E-state index in [1.54, 1.807) is 30.3 Å². The maximum atomic E-state index is 10.9. The third-order valence-electron chi connectivity index (χ3n) is 6.30. The number of phenols is 3. The van der Waals surface area contributed by atoms with Gasteiger partial charge in [0.2, 0.25) is 0 Å². The molecule has 3 N–H and O–H groups in total. The molecule has 0 saturated heterocycles. The molecule has 0 amide bonds. The van der Waals surface area contributed by atoms with Crippen LogP contribution in [0.4, 0.5) is 17.1 Å². The van der Waals surface area contributed by atoms with Gasteiger partial charge >= 0.3 is 0 Å². The van der Waals surface area contributed by atoms with Crippen LogP contribution < -0.4 is 9.64 Å². The Morgan fingerprint density at radius 2 is 1.15 bits per heavy atom. The Bertz CT molecular complexity index is 1300. The Balaban J connectivity index is 1.94. The van der Waals surface area contributed by atoms with Crippen molar-refractivity contribution in [1.29, 1.82) is 0 Å². The molecular formula is C29H29NO4. The zero-order chi connectivity index (χ0) is 24.6. The predicted molar refractivity (Wildman–Crippen MR) is 136 cm³/mol. The lowest BCUT2D eigenvalue weighted by molar-refractivity contribution is 0.409. The standard InChI is InChI=1S/C29H29NO4/c1-17-12-14-24(31)27(20(17)4)30(28-21(5)18(2)13-15-25(28)32)22-9-7-10-23(16-22)34-29-19(3)8-6-11-26(29)33/h6-16,31-33H,1-5H3. The molecule has 0 aliphatic carbocycles. The minimum Gasteiger partial charge on any atom is -0.506 e. The summed E-state index contributed by atoms with van der Waals surface area (Å²) in [7, 11) is 0. The van der Waals surface area contributed by atoms with Gasteiger partial charge in [-0.25, -0.2) is 0 Å². The van der Waals surface area contributed by atoms with Crippen molar-refractivity contribution in [2.45, 2.75) is 34.6 Å². The van der Waals surface area contributed by atoms with Crippen LogP contribution in [-0.4, -0.2) is 15.3 Å². The van der Waals surface area contributed by atoms with E-state index < -0.39 is 0 Å². The number of anilines is 3. The van der Waals surface area contributed by atoms with Crippen molar-refractivity contribution in [3.8, 4) is 28.7 Å². The van der Waals surface area contributed by atoms with E-state index >= 15 is 0 Å². The average molecular weight is 456 g/mol. The topological polar surface area (TPSA) is 73.2 Å². The first-order valence-corrected chi connectivity index (χ1v) is 11.1. The molecule has 0 fully saturated rings. The van der Waals surface area contributed by atoms with Gasteiger partial charge in [-0.1, -0.05) is 30.3 Å². The van der Waals surface area contributed by atoms with Crippen molar-refractivity contribution in [3.05, 3.63) is 94.5 Å². The van der Waals surface area contributed by atoms with Gasteiger partial charge in [-0.2, -0.15) is 0 Å². The zero-order valence-electron chi connectivity index (χ0n) is 20.0. The molecular weight excluding hydrogens is 426 g/mol. The normalized spacial score (nSPS) is 10.9. The van der Waals surface area contributed by atoms with Gasteiger partial charge in [0.05, 0.1) is 17.1 Å². The number of aromatic hydroxyl groups is 3. The maximum absolute atomic E-state index is 10.9. The van der Waals surface area contributed by atoms with E-state index in [4.69, 9.17) is 4.74 Å². The maximum Gasteiger partial charge on any atom is 0.171 e. The van der Waals surface area contributed by atoms with E-state index in [9.17, 15) is 15.3 Å². The van der Waals surface area contributed by atoms with Crippen LogP contribution in [0, 0.1) is 34.6 Å². The molecule has 34 heavy (non-hydrogen) atoms. The highest BCUT2D eigenvalue weighted by Crippen LogP contribution is 2.48. The molecule has 5 nitrogen and oxygen atoms in total. The van der Waals surface area contributed by atoms with Crippen LogP contribution >= 0.6 is 0 Å². The molecule has 0 bridgehead atoms. The van der Waals surface area contributed by atoms with Crippen LogP contribution in [0.25, 0.3) is 0 Å². The molecule has 0 heterocycles. The second-order valence-corrected chi connectivity index (χ2v) is 8.61. The smallest absolute Gasteiger partial charge is 0.171 e. The lowest BCUT2D eigenvalue weighted by atomic mass is 10.0. The molecule has 0 aromatic heterocycles. The Kier molecular flexibility index (Phi) is 6.12. The number of benzene rings is 4. The third-order valence-corrected chi connectivity index (χ3v) is 6.30.